The number of rotatable bonds is 11. The predicted molar refractivity (Wildman–Crippen MR) is 210 cm³/mol. The van der Waals surface area contributed by atoms with Gasteiger partial charge in [0.25, 0.3) is 5.92 Å². The second kappa shape index (κ2) is 26.5. The van der Waals surface area contributed by atoms with Crippen LogP contribution in [-0.2, 0) is 18.8 Å². The molecule has 0 aromatic heterocycles. The van der Waals surface area contributed by atoms with E-state index in [0.29, 0.717) is 5.92 Å². The zero-order valence-corrected chi connectivity index (χ0v) is 31.9. The number of allylic oxidation sites excluding steroid dienone is 6. The molecule has 0 radical (unpaired) electrons. The van der Waals surface area contributed by atoms with Gasteiger partial charge in [-0.15, -0.1) is 0 Å². The van der Waals surface area contributed by atoms with Crippen LogP contribution in [0.5, 0.6) is 0 Å². The lowest BCUT2D eigenvalue weighted by atomic mass is 9.96. The first-order chi connectivity index (χ1) is 22.3. The van der Waals surface area contributed by atoms with Crippen LogP contribution in [0.4, 0.5) is 8.78 Å². The first-order valence-corrected chi connectivity index (χ1v) is 17.6. The highest BCUT2D eigenvalue weighted by atomic mass is 19.3. The average molecular weight is 645 g/mol. The molecule has 0 fully saturated rings. The second-order valence-electron chi connectivity index (χ2n) is 11.5. The van der Waals surface area contributed by atoms with Crippen LogP contribution < -0.4 is 0 Å². The predicted octanol–water partition coefficient (Wildman–Crippen LogP) is 15.1. The smallest absolute Gasteiger partial charge is 0.202 e. The van der Waals surface area contributed by atoms with E-state index in [0.717, 1.165) is 25.3 Å². The molecule has 0 aliphatic carbocycles. The van der Waals surface area contributed by atoms with Gasteiger partial charge in [0.2, 0.25) is 0 Å². The summed E-state index contributed by atoms with van der Waals surface area (Å²) in [5.41, 5.74) is 10.3. The van der Waals surface area contributed by atoms with Crippen molar-refractivity contribution in [2.45, 2.75) is 127 Å². The molecule has 260 valence electrons. The molecule has 0 nitrogen and oxygen atoms in total. The number of benzene rings is 3. The van der Waals surface area contributed by atoms with Crippen LogP contribution in [0.25, 0.3) is 5.57 Å². The third kappa shape index (κ3) is 19.7. The van der Waals surface area contributed by atoms with Crippen molar-refractivity contribution in [3.8, 4) is 0 Å². The zero-order chi connectivity index (χ0) is 36.4. The maximum absolute atomic E-state index is 12.7. The van der Waals surface area contributed by atoms with Gasteiger partial charge in [-0.1, -0.05) is 172 Å². The van der Waals surface area contributed by atoms with E-state index in [-0.39, 0.29) is 5.56 Å². The molecule has 0 N–H and O–H groups in total. The van der Waals surface area contributed by atoms with Crippen LogP contribution in [0.15, 0.2) is 121 Å². The van der Waals surface area contributed by atoms with Crippen molar-refractivity contribution in [2.75, 3.05) is 0 Å². The molecule has 0 aliphatic heterocycles. The van der Waals surface area contributed by atoms with Gasteiger partial charge in [0, 0.05) is 12.5 Å². The number of alkyl halides is 2. The van der Waals surface area contributed by atoms with Crippen molar-refractivity contribution < 1.29 is 8.78 Å². The Morgan fingerprint density at radius 3 is 1.72 bits per heavy atom. The molecule has 0 atom stereocenters. The Morgan fingerprint density at radius 1 is 0.787 bits per heavy atom. The second-order valence-corrected chi connectivity index (χ2v) is 11.5. The lowest BCUT2D eigenvalue weighted by Crippen LogP contribution is -2.06. The number of unbranched alkanes of at least 4 members (excludes halogenated alkanes) is 1. The van der Waals surface area contributed by atoms with Gasteiger partial charge >= 0.3 is 0 Å². The van der Waals surface area contributed by atoms with Crippen LogP contribution in [0, 0.1) is 0 Å². The maximum Gasteiger partial charge on any atom is 0.270 e. The van der Waals surface area contributed by atoms with Gasteiger partial charge in [0.1, 0.15) is 0 Å². The summed E-state index contributed by atoms with van der Waals surface area (Å²) >= 11 is 0. The van der Waals surface area contributed by atoms with Gasteiger partial charge in [-0.25, -0.2) is 8.78 Å². The van der Waals surface area contributed by atoms with Gasteiger partial charge in [-0.3, -0.25) is 0 Å². The molecular formula is C45H66F2. The Hall–Kier alpha value is -3.52. The Kier molecular flexibility index (Phi) is 25.7. The summed E-state index contributed by atoms with van der Waals surface area (Å²) in [6.07, 6.45) is 9.82. The van der Waals surface area contributed by atoms with Gasteiger partial charge in [-0.05, 0) is 91.3 Å². The minimum Gasteiger partial charge on any atom is -0.202 e. The van der Waals surface area contributed by atoms with Crippen molar-refractivity contribution in [1.82, 2.24) is 0 Å². The van der Waals surface area contributed by atoms with Crippen LogP contribution in [0.2, 0.25) is 0 Å². The van der Waals surface area contributed by atoms with Crippen LogP contribution in [0.3, 0.4) is 0 Å². The fourth-order valence-corrected chi connectivity index (χ4v) is 4.32. The van der Waals surface area contributed by atoms with E-state index < -0.39 is 5.92 Å². The minimum atomic E-state index is -2.72. The van der Waals surface area contributed by atoms with E-state index in [1.807, 2.05) is 40.7 Å². The monoisotopic (exact) mass is 645 g/mol. The topological polar surface area (TPSA) is 0 Å². The molecule has 3 aromatic carbocycles. The number of hydrogen-bond acceptors (Lipinski definition) is 0. The largest absolute Gasteiger partial charge is 0.270 e. The highest BCUT2D eigenvalue weighted by Gasteiger charge is 2.23. The molecule has 0 spiro atoms. The number of halogens is 2. The fourth-order valence-electron chi connectivity index (χ4n) is 4.32. The molecule has 0 bridgehead atoms. The molecule has 0 aliphatic rings. The van der Waals surface area contributed by atoms with E-state index in [4.69, 9.17) is 0 Å². The Labute approximate surface area is 289 Å². The van der Waals surface area contributed by atoms with E-state index in [1.165, 1.54) is 70.4 Å². The Bertz CT molecular complexity index is 1280. The Balaban J connectivity index is 0. The van der Waals surface area contributed by atoms with Crippen molar-refractivity contribution in [2.24, 2.45) is 0 Å². The van der Waals surface area contributed by atoms with E-state index in [2.05, 4.69) is 115 Å². The van der Waals surface area contributed by atoms with E-state index in [1.54, 1.807) is 12.1 Å². The van der Waals surface area contributed by atoms with Gasteiger partial charge in [-0.2, -0.15) is 0 Å². The fraction of sp³-hybridized carbons (Fsp3) is 0.422. The number of aryl methyl sites for hydroxylation is 1. The van der Waals surface area contributed by atoms with Crippen molar-refractivity contribution in [3.05, 3.63) is 149 Å². The third-order valence-electron chi connectivity index (χ3n) is 7.40. The molecule has 3 rings (SSSR count). The van der Waals surface area contributed by atoms with E-state index >= 15 is 0 Å². The summed E-state index contributed by atoms with van der Waals surface area (Å²) in [6.45, 7) is 32.0. The van der Waals surface area contributed by atoms with Crippen LogP contribution >= 0.6 is 0 Å². The van der Waals surface area contributed by atoms with Gasteiger partial charge in [0.05, 0.1) is 0 Å². The molecule has 0 saturated carbocycles. The lowest BCUT2D eigenvalue weighted by Gasteiger charge is -2.10. The highest BCUT2D eigenvalue weighted by Crippen LogP contribution is 2.27. The summed E-state index contributed by atoms with van der Waals surface area (Å²) < 4.78 is 25.4. The van der Waals surface area contributed by atoms with Gasteiger partial charge in [0.15, 0.2) is 0 Å². The van der Waals surface area contributed by atoms with Crippen molar-refractivity contribution in [1.29, 1.82) is 0 Å². The molecule has 47 heavy (non-hydrogen) atoms. The standard InChI is InChI=1S/C18H20.C13H22.C10H12F2.2C2H6/c1-14(2)17-9-11-18(12-10-17)15(3)13-16-7-5-4-6-8-16;1-6-8-10-13(9-7-2)12(5)11(3)4;1-3-8-4-6-9(7-5-8)10(2,11)12;2*1-2/h4-12,14H,3,13H2,1-2H3;7,9H,3,6,8,10H2,1-2,4-5H3;4-7H,3H2,1-2H3;2*1-2H3/b;9-7-,13-12+;;;. The summed E-state index contributed by atoms with van der Waals surface area (Å²) in [4.78, 5) is 0. The lowest BCUT2D eigenvalue weighted by molar-refractivity contribution is 0.0174. The number of hydrogen-bond donors (Lipinski definition) is 0. The van der Waals surface area contributed by atoms with E-state index in [9.17, 15) is 8.78 Å². The van der Waals surface area contributed by atoms with Crippen LogP contribution in [0.1, 0.15) is 136 Å². The summed E-state index contributed by atoms with van der Waals surface area (Å²) in [5.74, 6) is -2.13. The van der Waals surface area contributed by atoms with Crippen molar-refractivity contribution in [3.63, 3.8) is 0 Å². The zero-order valence-electron chi connectivity index (χ0n) is 31.9. The summed E-state index contributed by atoms with van der Waals surface area (Å²) in [7, 11) is 0. The molecular weight excluding hydrogens is 578 g/mol. The summed E-state index contributed by atoms with van der Waals surface area (Å²) in [5, 5.41) is 0. The summed E-state index contributed by atoms with van der Waals surface area (Å²) in [6, 6.07) is 25.7. The van der Waals surface area contributed by atoms with Crippen LogP contribution in [-0.4, -0.2) is 0 Å². The molecule has 0 amide bonds. The first-order valence-electron chi connectivity index (χ1n) is 17.6. The highest BCUT2D eigenvalue weighted by molar-refractivity contribution is 5.65. The first kappa shape index (κ1) is 45.6. The quantitative estimate of drug-likeness (QED) is 0.182. The molecule has 2 heteroatoms. The SMILES string of the molecule is C=C(C)/C(C)=C(\C=C/C)CCCC.C=C(Cc1ccccc1)c1ccc(C(C)C)cc1.CC.CC.CCc1ccc(C(C)(F)F)cc1. The molecule has 0 saturated heterocycles. The normalized spacial score (nSPS) is 11.0. The molecule has 0 heterocycles. The minimum absolute atomic E-state index is 0.0831. The maximum atomic E-state index is 12.7. The van der Waals surface area contributed by atoms with Crippen molar-refractivity contribution >= 4 is 5.57 Å². The molecule has 0 unspecified atom stereocenters. The average Bonchev–Trinajstić information content (AvgIpc) is 3.08. The third-order valence-corrected chi connectivity index (χ3v) is 7.40. The Morgan fingerprint density at radius 2 is 1.32 bits per heavy atom. The molecule has 3 aromatic rings. The van der Waals surface area contributed by atoms with Gasteiger partial charge < -0.3 is 0 Å².